The van der Waals surface area contributed by atoms with E-state index in [2.05, 4.69) is 10.6 Å². The number of benzene rings is 1. The maximum Gasteiger partial charge on any atom is 0.408 e. The van der Waals surface area contributed by atoms with Gasteiger partial charge in [-0.2, -0.15) is 0 Å². The number of alkyl carbamates (subject to hydrolysis) is 1. The van der Waals surface area contributed by atoms with Crippen LogP contribution in [0, 0.1) is 0 Å². The molecule has 12 nitrogen and oxygen atoms in total. The molecule has 0 aliphatic heterocycles. The van der Waals surface area contributed by atoms with Gasteiger partial charge >= 0.3 is 12.1 Å². The van der Waals surface area contributed by atoms with Crippen LogP contribution in [0.25, 0.3) is 0 Å². The van der Waals surface area contributed by atoms with Crippen molar-refractivity contribution in [2.24, 2.45) is 5.73 Å². The smallest absolute Gasteiger partial charge is 0.408 e. The summed E-state index contributed by atoms with van der Waals surface area (Å²) in [7, 11) is 1.27. The number of rotatable bonds is 11. The van der Waals surface area contributed by atoms with Crippen LogP contribution in [0.5, 0.6) is 5.75 Å². The Kier molecular flexibility index (Phi) is 11.0. The number of nitrogens with two attached hydrogens (primary N) is 1. The van der Waals surface area contributed by atoms with Crippen LogP contribution in [0.4, 0.5) is 4.79 Å². The molecule has 35 heavy (non-hydrogen) atoms. The highest BCUT2D eigenvalue weighted by atomic mass is 16.6. The van der Waals surface area contributed by atoms with Gasteiger partial charge in [0.15, 0.2) is 0 Å². The normalized spacial score (nSPS) is 12.6. The van der Waals surface area contributed by atoms with E-state index in [0.29, 0.717) is 0 Å². The fraction of sp³-hybridized carbons (Fsp3) is 0.522. The summed E-state index contributed by atoms with van der Waals surface area (Å²) in [6.07, 6.45) is -1.61. The summed E-state index contributed by atoms with van der Waals surface area (Å²) >= 11 is 0. The van der Waals surface area contributed by atoms with E-state index in [-0.39, 0.29) is 30.9 Å². The molecule has 12 heteroatoms. The number of primary amides is 1. The van der Waals surface area contributed by atoms with Crippen LogP contribution >= 0.6 is 0 Å². The van der Waals surface area contributed by atoms with Gasteiger partial charge in [-0.15, -0.1) is 0 Å². The first kappa shape index (κ1) is 29.2. The number of likely N-dealkylation sites (N-methyl/N-ethyl adjacent to an activating group) is 1. The van der Waals surface area contributed by atoms with Gasteiger partial charge in [0.1, 0.15) is 23.4 Å². The number of hydrogen-bond acceptors (Lipinski definition) is 8. The second-order valence-corrected chi connectivity index (χ2v) is 8.63. The number of phenolic OH excluding ortho intramolecular Hbond substituents is 1. The monoisotopic (exact) mass is 494 g/mol. The molecule has 1 rings (SSSR count). The van der Waals surface area contributed by atoms with E-state index in [1.165, 1.54) is 25.2 Å². The van der Waals surface area contributed by atoms with Crippen molar-refractivity contribution in [3.8, 4) is 5.75 Å². The Morgan fingerprint density at radius 1 is 1.14 bits per heavy atom. The first-order valence-corrected chi connectivity index (χ1v) is 11.0. The Labute approximate surface area is 204 Å². The van der Waals surface area contributed by atoms with Gasteiger partial charge in [0.2, 0.25) is 17.7 Å². The summed E-state index contributed by atoms with van der Waals surface area (Å²) in [5.41, 5.74) is 4.48. The average Bonchev–Trinajstić information content (AvgIpc) is 2.72. The van der Waals surface area contributed by atoms with Crippen molar-refractivity contribution in [1.29, 1.82) is 0 Å². The molecule has 1 aromatic carbocycles. The zero-order valence-corrected chi connectivity index (χ0v) is 20.6. The first-order chi connectivity index (χ1) is 16.3. The van der Waals surface area contributed by atoms with Crippen molar-refractivity contribution >= 4 is 29.8 Å². The molecule has 0 radical (unpaired) electrons. The second-order valence-electron chi connectivity index (χ2n) is 8.63. The zero-order chi connectivity index (χ0) is 26.8. The molecule has 0 heterocycles. The Morgan fingerprint density at radius 3 is 2.31 bits per heavy atom. The van der Waals surface area contributed by atoms with Crippen molar-refractivity contribution in [2.75, 3.05) is 20.2 Å². The molecule has 5 N–H and O–H groups in total. The van der Waals surface area contributed by atoms with E-state index >= 15 is 0 Å². The van der Waals surface area contributed by atoms with Gasteiger partial charge in [-0.05, 0) is 33.8 Å². The Morgan fingerprint density at radius 2 is 1.77 bits per heavy atom. The second kappa shape index (κ2) is 13.2. The van der Waals surface area contributed by atoms with E-state index in [0.717, 1.165) is 4.90 Å². The number of carbonyl (C=O) groups is 5. The molecule has 0 saturated carbocycles. The predicted octanol–water partition coefficient (Wildman–Crippen LogP) is 0.730. The first-order valence-electron chi connectivity index (χ1n) is 11.0. The largest absolute Gasteiger partial charge is 0.508 e. The van der Waals surface area contributed by atoms with Crippen molar-refractivity contribution < 1.29 is 38.6 Å². The van der Waals surface area contributed by atoms with Crippen molar-refractivity contribution in [3.05, 3.63) is 29.8 Å². The van der Waals surface area contributed by atoms with E-state index in [1.807, 2.05) is 0 Å². The van der Waals surface area contributed by atoms with Crippen LogP contribution in [0.15, 0.2) is 24.3 Å². The third kappa shape index (κ3) is 9.90. The van der Waals surface area contributed by atoms with Crippen molar-refractivity contribution in [1.82, 2.24) is 15.5 Å². The maximum atomic E-state index is 13.3. The molecular formula is C23H34N4O8. The Bertz CT molecular complexity index is 928. The van der Waals surface area contributed by atoms with Gasteiger partial charge in [0.05, 0.1) is 19.4 Å². The van der Waals surface area contributed by atoms with Crippen LogP contribution < -0.4 is 16.4 Å². The minimum absolute atomic E-state index is 0.0787. The topological polar surface area (TPSA) is 177 Å². The number of para-hydroxylation sites is 1. The van der Waals surface area contributed by atoms with Gasteiger partial charge in [-0.25, -0.2) is 4.79 Å². The van der Waals surface area contributed by atoms with Gasteiger partial charge in [0, 0.05) is 19.2 Å². The lowest BCUT2D eigenvalue weighted by Gasteiger charge is -2.31. The lowest BCUT2D eigenvalue weighted by Crippen LogP contribution is -2.52. The molecule has 1 aromatic rings. The van der Waals surface area contributed by atoms with Crippen LogP contribution in [0.2, 0.25) is 0 Å². The Hall–Kier alpha value is -3.83. The fourth-order valence-electron chi connectivity index (χ4n) is 3.09. The minimum Gasteiger partial charge on any atom is -0.508 e. The molecule has 0 aliphatic carbocycles. The lowest BCUT2D eigenvalue weighted by molar-refractivity contribution is -0.144. The third-order valence-electron chi connectivity index (χ3n) is 4.54. The molecule has 2 unspecified atom stereocenters. The molecule has 0 saturated heterocycles. The molecule has 0 bridgehead atoms. The summed E-state index contributed by atoms with van der Waals surface area (Å²) in [5.74, 6) is -3.18. The summed E-state index contributed by atoms with van der Waals surface area (Å²) in [4.78, 5) is 62.7. The number of phenols is 1. The van der Waals surface area contributed by atoms with Crippen molar-refractivity contribution in [2.45, 2.75) is 58.2 Å². The number of nitrogens with zero attached hydrogens (tertiary/aromatic N) is 1. The van der Waals surface area contributed by atoms with Crippen LogP contribution in [0.1, 0.15) is 52.1 Å². The van der Waals surface area contributed by atoms with Crippen molar-refractivity contribution in [3.63, 3.8) is 0 Å². The zero-order valence-electron chi connectivity index (χ0n) is 20.6. The van der Waals surface area contributed by atoms with Gasteiger partial charge in [-0.3, -0.25) is 19.2 Å². The van der Waals surface area contributed by atoms with Crippen LogP contribution in [0.3, 0.4) is 0 Å². The van der Waals surface area contributed by atoms with E-state index in [1.54, 1.807) is 33.8 Å². The molecule has 2 atom stereocenters. The number of amides is 4. The molecule has 194 valence electrons. The maximum absolute atomic E-state index is 13.3. The van der Waals surface area contributed by atoms with Crippen LogP contribution in [-0.2, 0) is 28.7 Å². The summed E-state index contributed by atoms with van der Waals surface area (Å²) in [6.45, 7) is 6.63. The molecule has 0 aliphatic rings. The number of esters is 1. The number of carbonyl (C=O) groups excluding carboxylic acids is 5. The standard InChI is InChI=1S/C23H34N4O8/c1-6-34-18(30)11-12-25-20(31)19(14-9-7-8-10-16(14)28)27(5)21(32)15(13-17(24)29)26-22(33)35-23(2,3)4/h7-10,15,19,28H,6,11-13H2,1-5H3,(H2,24,29)(H,25,31)(H,26,33). The number of nitrogens with one attached hydrogen (secondary N) is 2. The van der Waals surface area contributed by atoms with E-state index in [4.69, 9.17) is 15.2 Å². The Balaban J connectivity index is 3.19. The number of aromatic hydroxyl groups is 1. The highest BCUT2D eigenvalue weighted by molar-refractivity contribution is 5.94. The van der Waals surface area contributed by atoms with Gasteiger partial charge in [0.25, 0.3) is 0 Å². The predicted molar refractivity (Wildman–Crippen MR) is 125 cm³/mol. The number of hydrogen-bond donors (Lipinski definition) is 4. The molecular weight excluding hydrogens is 460 g/mol. The molecule has 4 amide bonds. The summed E-state index contributed by atoms with van der Waals surface area (Å²) < 4.78 is 9.97. The van der Waals surface area contributed by atoms with Crippen LogP contribution in [-0.4, -0.2) is 71.6 Å². The van der Waals surface area contributed by atoms with E-state index < -0.39 is 53.9 Å². The van der Waals surface area contributed by atoms with E-state index in [9.17, 15) is 29.1 Å². The number of ether oxygens (including phenoxy) is 2. The SMILES string of the molecule is CCOC(=O)CCNC(=O)C(c1ccccc1O)N(C)C(=O)C(CC(N)=O)NC(=O)OC(C)(C)C. The summed E-state index contributed by atoms with van der Waals surface area (Å²) in [5, 5.41) is 15.2. The highest BCUT2D eigenvalue weighted by Gasteiger charge is 2.35. The molecule has 0 spiro atoms. The summed E-state index contributed by atoms with van der Waals surface area (Å²) in [6, 6.07) is 3.09. The average molecular weight is 495 g/mol. The third-order valence-corrected chi connectivity index (χ3v) is 4.54. The lowest BCUT2D eigenvalue weighted by atomic mass is 10.0. The molecule has 0 aromatic heterocycles. The minimum atomic E-state index is -1.44. The quantitative estimate of drug-likeness (QED) is 0.325. The van der Waals surface area contributed by atoms with Gasteiger partial charge in [-0.1, -0.05) is 18.2 Å². The fourth-order valence-corrected chi connectivity index (χ4v) is 3.09. The highest BCUT2D eigenvalue weighted by Crippen LogP contribution is 2.28. The molecule has 0 fully saturated rings. The van der Waals surface area contributed by atoms with Gasteiger partial charge < -0.3 is 35.8 Å².